The molecule has 118 valence electrons. The third kappa shape index (κ3) is 3.93. The van der Waals surface area contributed by atoms with E-state index in [0.29, 0.717) is 19.3 Å². The molecule has 3 rings (SSSR count). The van der Waals surface area contributed by atoms with Crippen LogP contribution in [0.3, 0.4) is 0 Å². The average molecular weight is 320 g/mol. The van der Waals surface area contributed by atoms with Crippen LogP contribution in [0.1, 0.15) is 30.5 Å². The molecule has 0 amide bonds. The van der Waals surface area contributed by atoms with Crippen molar-refractivity contribution in [2.45, 2.75) is 26.0 Å². The second-order valence-corrected chi connectivity index (χ2v) is 5.21. The summed E-state index contributed by atoms with van der Waals surface area (Å²) in [7, 11) is 0. The van der Waals surface area contributed by atoms with E-state index >= 15 is 0 Å². The molecule has 1 atom stereocenters. The third-order valence-electron chi connectivity index (χ3n) is 3.73. The van der Waals surface area contributed by atoms with Gasteiger partial charge in [-0.2, -0.15) is 0 Å². The number of hydrogen-bond donors (Lipinski definition) is 1. The van der Waals surface area contributed by atoms with Crippen LogP contribution in [-0.4, -0.2) is 13.2 Å². The van der Waals surface area contributed by atoms with Gasteiger partial charge in [-0.15, -0.1) is 12.4 Å². The van der Waals surface area contributed by atoms with E-state index in [1.165, 1.54) is 12.0 Å². The lowest BCUT2D eigenvalue weighted by atomic mass is 9.98. The number of nitrogens with one attached hydrogen (secondary N) is 1. The average Bonchev–Trinajstić information content (AvgIpc) is 2.46. The molecule has 1 aliphatic rings. The maximum absolute atomic E-state index is 5.92. The highest BCUT2D eigenvalue weighted by Gasteiger charge is 2.20. The Balaban J connectivity index is 0.00000176. The molecule has 0 aliphatic carbocycles. The van der Waals surface area contributed by atoms with E-state index in [-0.39, 0.29) is 12.4 Å². The molecule has 1 saturated heterocycles. The van der Waals surface area contributed by atoms with Gasteiger partial charge in [0.15, 0.2) is 11.5 Å². The van der Waals surface area contributed by atoms with Gasteiger partial charge in [-0.25, -0.2) is 0 Å². The fourth-order valence-electron chi connectivity index (χ4n) is 2.44. The molecule has 3 nitrogen and oxygen atoms in total. The minimum Gasteiger partial charge on any atom is -0.490 e. The van der Waals surface area contributed by atoms with Crippen molar-refractivity contribution in [2.75, 3.05) is 13.2 Å². The van der Waals surface area contributed by atoms with Gasteiger partial charge in [-0.1, -0.05) is 36.4 Å². The Labute approximate surface area is 138 Å². The first-order valence-electron chi connectivity index (χ1n) is 7.53. The maximum Gasteiger partial charge on any atom is 0.161 e. The summed E-state index contributed by atoms with van der Waals surface area (Å²) in [5.41, 5.74) is 2.43. The predicted molar refractivity (Wildman–Crippen MR) is 91.0 cm³/mol. The molecule has 1 N–H and O–H groups in total. The van der Waals surface area contributed by atoms with Gasteiger partial charge >= 0.3 is 0 Å². The molecular weight excluding hydrogens is 298 g/mol. The molecule has 0 saturated carbocycles. The Morgan fingerprint density at radius 3 is 2.45 bits per heavy atom. The molecular formula is C18H22ClNO2. The van der Waals surface area contributed by atoms with Crippen LogP contribution in [0, 0.1) is 0 Å². The number of ether oxygens (including phenoxy) is 2. The summed E-state index contributed by atoms with van der Waals surface area (Å²) in [6.45, 7) is 4.29. The quantitative estimate of drug-likeness (QED) is 0.868. The van der Waals surface area contributed by atoms with Gasteiger partial charge in [0.1, 0.15) is 6.61 Å². The van der Waals surface area contributed by atoms with Crippen molar-refractivity contribution in [2.24, 2.45) is 0 Å². The molecule has 2 aromatic rings. The van der Waals surface area contributed by atoms with Crippen LogP contribution in [-0.2, 0) is 6.61 Å². The zero-order valence-corrected chi connectivity index (χ0v) is 13.6. The van der Waals surface area contributed by atoms with Crippen LogP contribution in [0.4, 0.5) is 0 Å². The lowest BCUT2D eigenvalue weighted by molar-refractivity contribution is 0.268. The largest absolute Gasteiger partial charge is 0.490 e. The van der Waals surface area contributed by atoms with Gasteiger partial charge in [0.25, 0.3) is 0 Å². The summed E-state index contributed by atoms with van der Waals surface area (Å²) in [6.07, 6.45) is 1.19. The first-order valence-corrected chi connectivity index (χ1v) is 7.53. The Hall–Kier alpha value is -1.71. The maximum atomic E-state index is 5.92. The van der Waals surface area contributed by atoms with Gasteiger partial charge in [-0.3, -0.25) is 0 Å². The van der Waals surface area contributed by atoms with Crippen LogP contribution < -0.4 is 14.8 Å². The van der Waals surface area contributed by atoms with Crippen LogP contribution in [0.5, 0.6) is 11.5 Å². The number of hydrogen-bond acceptors (Lipinski definition) is 3. The smallest absolute Gasteiger partial charge is 0.161 e. The first-order chi connectivity index (χ1) is 10.4. The van der Waals surface area contributed by atoms with E-state index in [4.69, 9.17) is 9.47 Å². The minimum atomic E-state index is 0. The van der Waals surface area contributed by atoms with Crippen LogP contribution in [0.2, 0.25) is 0 Å². The number of benzene rings is 2. The fraction of sp³-hybridized carbons (Fsp3) is 0.333. The molecule has 2 aromatic carbocycles. The van der Waals surface area contributed by atoms with E-state index in [2.05, 4.69) is 29.6 Å². The van der Waals surface area contributed by atoms with E-state index in [0.717, 1.165) is 23.6 Å². The van der Waals surface area contributed by atoms with Crippen LogP contribution in [0.25, 0.3) is 0 Å². The van der Waals surface area contributed by atoms with Gasteiger partial charge in [-0.05, 0) is 43.1 Å². The van der Waals surface area contributed by atoms with Crippen molar-refractivity contribution < 1.29 is 9.47 Å². The number of halogens is 1. The lowest BCUT2D eigenvalue weighted by Gasteiger charge is -2.28. The molecule has 1 heterocycles. The monoisotopic (exact) mass is 319 g/mol. The standard InChI is InChI=1S/C18H21NO2.ClH/c1-2-20-18-12-15(16-10-11-19-16)8-9-17(18)21-13-14-6-4-3-5-7-14;/h3-9,12,16,19H,2,10-11,13H2,1H3;1H/t16-;/m1./s1. The molecule has 1 aliphatic heterocycles. The topological polar surface area (TPSA) is 30.5 Å². The van der Waals surface area contributed by atoms with Crippen molar-refractivity contribution in [3.63, 3.8) is 0 Å². The summed E-state index contributed by atoms with van der Waals surface area (Å²) in [4.78, 5) is 0. The van der Waals surface area contributed by atoms with Crippen molar-refractivity contribution >= 4 is 12.4 Å². The fourth-order valence-corrected chi connectivity index (χ4v) is 2.44. The third-order valence-corrected chi connectivity index (χ3v) is 3.73. The Bertz CT molecular complexity index is 585. The van der Waals surface area contributed by atoms with Gasteiger partial charge in [0.05, 0.1) is 6.61 Å². The second-order valence-electron chi connectivity index (χ2n) is 5.21. The van der Waals surface area contributed by atoms with Crippen molar-refractivity contribution in [1.29, 1.82) is 0 Å². The van der Waals surface area contributed by atoms with Crippen LogP contribution >= 0.6 is 12.4 Å². The van der Waals surface area contributed by atoms with Gasteiger partial charge in [0.2, 0.25) is 0 Å². The van der Waals surface area contributed by atoms with Gasteiger partial charge < -0.3 is 14.8 Å². The first kappa shape index (κ1) is 16.7. The highest BCUT2D eigenvalue weighted by atomic mass is 35.5. The van der Waals surface area contributed by atoms with E-state index in [1.807, 2.05) is 31.2 Å². The molecule has 1 fully saturated rings. The summed E-state index contributed by atoms with van der Waals surface area (Å²) in [5, 5.41) is 3.41. The zero-order valence-electron chi connectivity index (χ0n) is 12.7. The highest BCUT2D eigenvalue weighted by Crippen LogP contribution is 2.33. The molecule has 0 spiro atoms. The Morgan fingerprint density at radius 2 is 1.82 bits per heavy atom. The van der Waals surface area contributed by atoms with Crippen molar-refractivity contribution in [3.05, 3.63) is 59.7 Å². The van der Waals surface area contributed by atoms with Gasteiger partial charge in [0, 0.05) is 6.04 Å². The molecule has 0 bridgehead atoms. The summed E-state index contributed by atoms with van der Waals surface area (Å²) >= 11 is 0. The van der Waals surface area contributed by atoms with Crippen molar-refractivity contribution in [1.82, 2.24) is 5.32 Å². The summed E-state index contributed by atoms with van der Waals surface area (Å²) < 4.78 is 11.6. The normalized spacial score (nSPS) is 16.3. The van der Waals surface area contributed by atoms with E-state index < -0.39 is 0 Å². The highest BCUT2D eigenvalue weighted by molar-refractivity contribution is 5.85. The SMILES string of the molecule is CCOc1cc([C@H]2CCN2)ccc1OCc1ccccc1.Cl. The minimum absolute atomic E-state index is 0. The second kappa shape index (κ2) is 8.06. The Morgan fingerprint density at radius 1 is 1.05 bits per heavy atom. The number of rotatable bonds is 6. The predicted octanol–water partition coefficient (Wildman–Crippen LogP) is 4.12. The van der Waals surface area contributed by atoms with Crippen molar-refractivity contribution in [3.8, 4) is 11.5 Å². The summed E-state index contributed by atoms with van der Waals surface area (Å²) in [6, 6.07) is 16.9. The molecule has 22 heavy (non-hydrogen) atoms. The van der Waals surface area contributed by atoms with E-state index in [9.17, 15) is 0 Å². The Kier molecular flexibility index (Phi) is 6.10. The zero-order chi connectivity index (χ0) is 14.5. The van der Waals surface area contributed by atoms with E-state index in [1.54, 1.807) is 0 Å². The summed E-state index contributed by atoms with van der Waals surface area (Å²) in [5.74, 6) is 1.64. The molecule has 0 aromatic heterocycles. The molecule has 0 radical (unpaired) electrons. The molecule has 0 unspecified atom stereocenters. The van der Waals surface area contributed by atoms with Crippen LogP contribution in [0.15, 0.2) is 48.5 Å². The lowest BCUT2D eigenvalue weighted by Crippen LogP contribution is -2.34. The molecule has 4 heteroatoms.